The van der Waals surface area contributed by atoms with Crippen LogP contribution in [0, 0.1) is 0 Å². The number of ether oxygens (including phenoxy) is 2. The van der Waals surface area contributed by atoms with Gasteiger partial charge < -0.3 is 19.7 Å². The van der Waals surface area contributed by atoms with E-state index in [0.29, 0.717) is 19.9 Å². The molecule has 1 fully saturated rings. The molecule has 0 radical (unpaired) electrons. The second-order valence-corrected chi connectivity index (χ2v) is 7.82. The van der Waals surface area contributed by atoms with Gasteiger partial charge in [0.1, 0.15) is 0 Å². The summed E-state index contributed by atoms with van der Waals surface area (Å²) in [6.45, 7) is 4.23. The van der Waals surface area contributed by atoms with E-state index in [1.54, 1.807) is 0 Å². The van der Waals surface area contributed by atoms with E-state index in [0.717, 1.165) is 42.4 Å². The Labute approximate surface area is 182 Å². The number of nitrogens with one attached hydrogen (secondary N) is 1. The van der Waals surface area contributed by atoms with Crippen LogP contribution in [-0.4, -0.2) is 48.8 Å². The predicted octanol–water partition coefficient (Wildman–Crippen LogP) is 4.43. The van der Waals surface area contributed by atoms with E-state index in [2.05, 4.69) is 28.4 Å². The molecule has 1 N–H and O–H groups in total. The maximum atomic E-state index is 12.7. The zero-order chi connectivity index (χ0) is 21.0. The monoisotopic (exact) mass is 415 g/mol. The molecule has 3 aromatic carbocycles. The molecule has 2 amide bonds. The Bertz CT molecular complexity index is 1050. The van der Waals surface area contributed by atoms with Gasteiger partial charge in [0.05, 0.1) is 0 Å². The minimum absolute atomic E-state index is 0.0461. The van der Waals surface area contributed by atoms with Crippen molar-refractivity contribution in [2.75, 3.05) is 38.3 Å². The van der Waals surface area contributed by atoms with E-state index >= 15 is 0 Å². The summed E-state index contributed by atoms with van der Waals surface area (Å²) < 4.78 is 10.8. The molecular formula is C25H25N3O3. The number of piperazine rings is 1. The van der Waals surface area contributed by atoms with Crippen LogP contribution in [-0.2, 0) is 6.54 Å². The largest absolute Gasteiger partial charge is 0.454 e. The number of nitrogens with zero attached hydrogens (tertiary/aromatic N) is 2. The Morgan fingerprint density at radius 2 is 1.52 bits per heavy atom. The predicted molar refractivity (Wildman–Crippen MR) is 120 cm³/mol. The molecule has 0 saturated carbocycles. The third kappa shape index (κ3) is 4.49. The van der Waals surface area contributed by atoms with Crippen molar-refractivity contribution in [3.05, 3.63) is 78.4 Å². The molecule has 6 nitrogen and oxygen atoms in total. The molecule has 0 atom stereocenters. The number of carbonyl (C=O) groups is 1. The maximum Gasteiger partial charge on any atom is 0.321 e. The molecule has 1 saturated heterocycles. The number of urea groups is 1. The second-order valence-electron chi connectivity index (χ2n) is 7.82. The van der Waals surface area contributed by atoms with Crippen LogP contribution >= 0.6 is 0 Å². The quantitative estimate of drug-likeness (QED) is 0.685. The van der Waals surface area contributed by atoms with Gasteiger partial charge in [0.25, 0.3) is 0 Å². The van der Waals surface area contributed by atoms with E-state index in [1.807, 2.05) is 59.5 Å². The van der Waals surface area contributed by atoms with Gasteiger partial charge in [-0.05, 0) is 41.0 Å². The molecule has 0 aromatic heterocycles. The zero-order valence-electron chi connectivity index (χ0n) is 17.3. The van der Waals surface area contributed by atoms with Crippen LogP contribution in [0.5, 0.6) is 11.5 Å². The third-order valence-electron chi connectivity index (χ3n) is 5.75. The number of amides is 2. The van der Waals surface area contributed by atoms with Gasteiger partial charge in [0.15, 0.2) is 11.5 Å². The van der Waals surface area contributed by atoms with Gasteiger partial charge in [-0.2, -0.15) is 0 Å². The van der Waals surface area contributed by atoms with Crippen LogP contribution < -0.4 is 14.8 Å². The summed E-state index contributed by atoms with van der Waals surface area (Å²) in [7, 11) is 0. The standard InChI is InChI=1S/C25H25N3O3/c29-25(26-22-9-7-21(8-10-22)20-4-2-1-3-5-20)28-14-12-27(13-15-28)17-19-6-11-23-24(16-19)31-18-30-23/h1-11,16H,12-15,17-18H2,(H,26,29). The van der Waals surface area contributed by atoms with Crippen molar-refractivity contribution >= 4 is 11.7 Å². The SMILES string of the molecule is O=C(Nc1ccc(-c2ccccc2)cc1)N1CCN(Cc2ccc3c(c2)OCO3)CC1. The van der Waals surface area contributed by atoms with E-state index in [4.69, 9.17) is 9.47 Å². The minimum atomic E-state index is -0.0461. The Hall–Kier alpha value is -3.51. The fourth-order valence-electron chi connectivity index (χ4n) is 3.99. The number of carbonyl (C=O) groups excluding carboxylic acids is 1. The molecule has 2 aliphatic heterocycles. The molecular weight excluding hydrogens is 390 g/mol. The average Bonchev–Trinajstić information content (AvgIpc) is 3.29. The highest BCUT2D eigenvalue weighted by molar-refractivity contribution is 5.89. The first-order valence-corrected chi connectivity index (χ1v) is 10.6. The van der Waals surface area contributed by atoms with Gasteiger partial charge in [-0.3, -0.25) is 4.90 Å². The number of hydrogen-bond donors (Lipinski definition) is 1. The highest BCUT2D eigenvalue weighted by atomic mass is 16.7. The number of hydrogen-bond acceptors (Lipinski definition) is 4. The lowest BCUT2D eigenvalue weighted by atomic mass is 10.1. The lowest BCUT2D eigenvalue weighted by Gasteiger charge is -2.34. The van der Waals surface area contributed by atoms with Crippen molar-refractivity contribution in [2.24, 2.45) is 0 Å². The van der Waals surface area contributed by atoms with E-state index in [-0.39, 0.29) is 6.03 Å². The number of rotatable bonds is 4. The molecule has 0 spiro atoms. The fraction of sp³-hybridized carbons (Fsp3) is 0.240. The normalized spacial score (nSPS) is 15.7. The molecule has 6 heteroatoms. The van der Waals surface area contributed by atoms with Gasteiger partial charge in [0.2, 0.25) is 6.79 Å². The molecule has 158 valence electrons. The second kappa shape index (κ2) is 8.70. The van der Waals surface area contributed by atoms with Crippen molar-refractivity contribution in [3.8, 4) is 22.6 Å². The Morgan fingerprint density at radius 3 is 2.29 bits per heavy atom. The van der Waals surface area contributed by atoms with Crippen LogP contribution in [0.15, 0.2) is 72.8 Å². The zero-order valence-corrected chi connectivity index (χ0v) is 17.3. The van der Waals surface area contributed by atoms with Crippen molar-refractivity contribution in [3.63, 3.8) is 0 Å². The first kappa shape index (κ1) is 19.5. The van der Waals surface area contributed by atoms with Crippen LogP contribution in [0.4, 0.5) is 10.5 Å². The summed E-state index contributed by atoms with van der Waals surface area (Å²) in [5.41, 5.74) is 4.31. The summed E-state index contributed by atoms with van der Waals surface area (Å²) in [4.78, 5) is 16.9. The molecule has 2 aliphatic rings. The topological polar surface area (TPSA) is 54.0 Å². The third-order valence-corrected chi connectivity index (χ3v) is 5.75. The summed E-state index contributed by atoms with van der Waals surface area (Å²) in [5.74, 6) is 1.62. The Morgan fingerprint density at radius 1 is 0.806 bits per heavy atom. The lowest BCUT2D eigenvalue weighted by Crippen LogP contribution is -2.49. The summed E-state index contributed by atoms with van der Waals surface area (Å²) >= 11 is 0. The minimum Gasteiger partial charge on any atom is -0.454 e. The Kier molecular flexibility index (Phi) is 5.46. The van der Waals surface area contributed by atoms with E-state index in [9.17, 15) is 4.79 Å². The first-order valence-electron chi connectivity index (χ1n) is 10.6. The molecule has 0 aliphatic carbocycles. The number of fused-ring (bicyclic) bond motifs is 1. The van der Waals surface area contributed by atoms with Gasteiger partial charge in [-0.15, -0.1) is 0 Å². The van der Waals surface area contributed by atoms with Crippen LogP contribution in [0.25, 0.3) is 11.1 Å². The number of benzene rings is 3. The van der Waals surface area contributed by atoms with E-state index < -0.39 is 0 Å². The van der Waals surface area contributed by atoms with Crippen LogP contribution in [0.2, 0.25) is 0 Å². The first-order chi connectivity index (χ1) is 15.2. The van der Waals surface area contributed by atoms with Crippen molar-refractivity contribution < 1.29 is 14.3 Å². The number of anilines is 1. The van der Waals surface area contributed by atoms with Gasteiger partial charge in [-0.25, -0.2) is 4.79 Å². The van der Waals surface area contributed by atoms with E-state index in [1.165, 1.54) is 11.1 Å². The maximum absolute atomic E-state index is 12.7. The average molecular weight is 415 g/mol. The van der Waals surface area contributed by atoms with Gasteiger partial charge >= 0.3 is 6.03 Å². The van der Waals surface area contributed by atoms with Crippen molar-refractivity contribution in [1.29, 1.82) is 0 Å². The molecule has 0 unspecified atom stereocenters. The highest BCUT2D eigenvalue weighted by Crippen LogP contribution is 2.32. The molecule has 0 bridgehead atoms. The summed E-state index contributed by atoms with van der Waals surface area (Å²) in [6, 6.07) is 24.2. The molecule has 3 aromatic rings. The smallest absolute Gasteiger partial charge is 0.321 e. The van der Waals surface area contributed by atoms with Crippen molar-refractivity contribution in [2.45, 2.75) is 6.54 Å². The van der Waals surface area contributed by atoms with Gasteiger partial charge in [0, 0.05) is 38.4 Å². The molecule has 2 heterocycles. The van der Waals surface area contributed by atoms with Crippen molar-refractivity contribution in [1.82, 2.24) is 9.80 Å². The highest BCUT2D eigenvalue weighted by Gasteiger charge is 2.22. The molecule has 5 rings (SSSR count). The van der Waals surface area contributed by atoms with Crippen LogP contribution in [0.1, 0.15) is 5.56 Å². The molecule has 31 heavy (non-hydrogen) atoms. The van der Waals surface area contributed by atoms with Crippen LogP contribution in [0.3, 0.4) is 0 Å². The summed E-state index contributed by atoms with van der Waals surface area (Å²) in [6.07, 6.45) is 0. The summed E-state index contributed by atoms with van der Waals surface area (Å²) in [5, 5.41) is 3.02. The lowest BCUT2D eigenvalue weighted by molar-refractivity contribution is 0.143. The Balaban J connectivity index is 1.12. The fourth-order valence-corrected chi connectivity index (χ4v) is 3.99. The van der Waals surface area contributed by atoms with Gasteiger partial charge in [-0.1, -0.05) is 48.5 Å².